The number of carbonyl (C=O) groups is 1. The third kappa shape index (κ3) is 5.53. The molecule has 21 heavy (non-hydrogen) atoms. The molecule has 4 nitrogen and oxygen atoms in total. The molecule has 1 heterocycles. The van der Waals surface area contributed by atoms with E-state index in [-0.39, 0.29) is 31.5 Å². The zero-order chi connectivity index (χ0) is 14.6. The summed E-state index contributed by atoms with van der Waals surface area (Å²) in [5.41, 5.74) is 2.74. The Labute approximate surface area is 126 Å². The van der Waals surface area contributed by atoms with Crippen molar-refractivity contribution < 1.29 is 22.7 Å². The lowest BCUT2D eigenvalue weighted by molar-refractivity contribution is -0.173. The molecule has 2 N–H and O–H groups in total. The molecule has 0 spiro atoms. The van der Waals surface area contributed by atoms with Crippen LogP contribution in [0.1, 0.15) is 21.5 Å². The molecule has 0 unspecified atom stereocenters. The van der Waals surface area contributed by atoms with Gasteiger partial charge in [0, 0.05) is 25.2 Å². The molecule has 0 saturated carbocycles. The predicted molar refractivity (Wildman–Crippen MR) is 73.4 cm³/mol. The molecule has 1 aliphatic rings. The number of benzene rings is 1. The monoisotopic (exact) mass is 324 g/mol. The van der Waals surface area contributed by atoms with E-state index in [1.165, 1.54) is 0 Å². The number of carbonyl (C=O) groups excluding carboxylic acids is 1. The minimum absolute atomic E-state index is 0. The van der Waals surface area contributed by atoms with Crippen LogP contribution >= 0.6 is 12.4 Å². The molecule has 1 amide bonds. The molecular formula is C13H16ClF3N2O2. The molecule has 1 aliphatic heterocycles. The van der Waals surface area contributed by atoms with Crippen LogP contribution in [0.2, 0.25) is 0 Å². The maximum absolute atomic E-state index is 11.8. The highest BCUT2D eigenvalue weighted by Gasteiger charge is 2.27. The van der Waals surface area contributed by atoms with Gasteiger partial charge < -0.3 is 15.4 Å². The summed E-state index contributed by atoms with van der Waals surface area (Å²) < 4.78 is 39.9. The zero-order valence-corrected chi connectivity index (χ0v) is 11.9. The van der Waals surface area contributed by atoms with Crippen molar-refractivity contribution >= 4 is 18.3 Å². The molecule has 1 aromatic carbocycles. The Hall–Kier alpha value is -1.31. The minimum Gasteiger partial charge on any atom is -0.370 e. The second kappa shape index (κ2) is 7.63. The lowest BCUT2D eigenvalue weighted by Gasteiger charge is -2.09. The van der Waals surface area contributed by atoms with Crippen LogP contribution in [0, 0.1) is 0 Å². The lowest BCUT2D eigenvalue weighted by atomic mass is 10.1. The Morgan fingerprint density at radius 3 is 2.71 bits per heavy atom. The van der Waals surface area contributed by atoms with E-state index in [0.717, 1.165) is 24.2 Å². The van der Waals surface area contributed by atoms with Crippen LogP contribution in [0.5, 0.6) is 0 Å². The van der Waals surface area contributed by atoms with Crippen molar-refractivity contribution in [2.45, 2.75) is 19.3 Å². The zero-order valence-electron chi connectivity index (χ0n) is 11.1. The topological polar surface area (TPSA) is 50.4 Å². The normalized spacial score (nSPS) is 13.5. The van der Waals surface area contributed by atoms with Gasteiger partial charge in [-0.2, -0.15) is 13.2 Å². The average molecular weight is 325 g/mol. The molecule has 0 fully saturated rings. The number of hydrogen-bond donors (Lipinski definition) is 2. The first-order chi connectivity index (χ1) is 9.46. The third-order valence-electron chi connectivity index (χ3n) is 2.90. The Morgan fingerprint density at radius 1 is 1.29 bits per heavy atom. The standard InChI is InChI=1S/C13H15F3N2O2.ClH/c14-13(15,16)8-20-4-3-18-12(19)9-1-2-10-6-17-7-11(10)5-9;/h1-2,5,17H,3-4,6-8H2,(H,18,19);1H. The van der Waals surface area contributed by atoms with E-state index in [9.17, 15) is 18.0 Å². The summed E-state index contributed by atoms with van der Waals surface area (Å²) >= 11 is 0. The third-order valence-corrected chi connectivity index (χ3v) is 2.90. The number of rotatable bonds is 5. The first kappa shape index (κ1) is 17.7. The fraction of sp³-hybridized carbons (Fsp3) is 0.462. The first-order valence-electron chi connectivity index (χ1n) is 6.21. The van der Waals surface area contributed by atoms with Crippen molar-refractivity contribution in [1.82, 2.24) is 10.6 Å². The number of hydrogen-bond acceptors (Lipinski definition) is 3. The summed E-state index contributed by atoms with van der Waals surface area (Å²) in [5, 5.41) is 5.69. The number of amides is 1. The van der Waals surface area contributed by atoms with E-state index < -0.39 is 12.8 Å². The molecule has 0 atom stereocenters. The molecule has 8 heteroatoms. The lowest BCUT2D eigenvalue weighted by Crippen LogP contribution is -2.29. The van der Waals surface area contributed by atoms with Crippen molar-refractivity contribution in [3.8, 4) is 0 Å². The average Bonchev–Trinajstić information content (AvgIpc) is 2.83. The smallest absolute Gasteiger partial charge is 0.370 e. The van der Waals surface area contributed by atoms with Crippen LogP contribution in [-0.2, 0) is 17.8 Å². The number of nitrogens with one attached hydrogen (secondary N) is 2. The Balaban J connectivity index is 0.00000220. The summed E-state index contributed by atoms with van der Waals surface area (Å²) in [5.74, 6) is -0.310. The first-order valence-corrected chi connectivity index (χ1v) is 6.21. The fourth-order valence-electron chi connectivity index (χ4n) is 1.96. The molecular weight excluding hydrogens is 309 g/mol. The largest absolute Gasteiger partial charge is 0.411 e. The molecule has 0 radical (unpaired) electrons. The van der Waals surface area contributed by atoms with Crippen LogP contribution < -0.4 is 10.6 Å². The van der Waals surface area contributed by atoms with Gasteiger partial charge in [0.25, 0.3) is 5.91 Å². The van der Waals surface area contributed by atoms with Crippen LogP contribution in [0.4, 0.5) is 13.2 Å². The highest BCUT2D eigenvalue weighted by atomic mass is 35.5. The SMILES string of the molecule is Cl.O=C(NCCOCC(F)(F)F)c1ccc2c(c1)CNC2. The number of halogens is 4. The Morgan fingerprint density at radius 2 is 2.00 bits per heavy atom. The number of alkyl halides is 3. The highest BCUT2D eigenvalue weighted by Crippen LogP contribution is 2.17. The van der Waals surface area contributed by atoms with E-state index in [2.05, 4.69) is 15.4 Å². The predicted octanol–water partition coefficient (Wildman–Crippen LogP) is 2.02. The molecule has 1 aromatic rings. The molecule has 118 valence electrons. The van der Waals surface area contributed by atoms with Gasteiger partial charge in [-0.05, 0) is 23.3 Å². The van der Waals surface area contributed by atoms with Crippen LogP contribution in [0.15, 0.2) is 18.2 Å². The van der Waals surface area contributed by atoms with Gasteiger partial charge in [-0.25, -0.2) is 0 Å². The molecule has 0 aromatic heterocycles. The van der Waals surface area contributed by atoms with E-state index in [4.69, 9.17) is 0 Å². The van der Waals surface area contributed by atoms with E-state index in [1.54, 1.807) is 12.1 Å². The van der Waals surface area contributed by atoms with Gasteiger partial charge in [0.15, 0.2) is 0 Å². The maximum atomic E-state index is 11.8. The van der Waals surface area contributed by atoms with E-state index >= 15 is 0 Å². The van der Waals surface area contributed by atoms with Gasteiger partial charge in [0.05, 0.1) is 6.61 Å². The van der Waals surface area contributed by atoms with Crippen molar-refractivity contribution in [2.24, 2.45) is 0 Å². The van der Waals surface area contributed by atoms with Crippen molar-refractivity contribution in [2.75, 3.05) is 19.8 Å². The van der Waals surface area contributed by atoms with Crippen molar-refractivity contribution in [3.05, 3.63) is 34.9 Å². The molecule has 0 bridgehead atoms. The van der Waals surface area contributed by atoms with Gasteiger partial charge >= 0.3 is 6.18 Å². The van der Waals surface area contributed by atoms with Gasteiger partial charge in [-0.3, -0.25) is 4.79 Å². The van der Waals surface area contributed by atoms with E-state index in [1.807, 2.05) is 6.07 Å². The van der Waals surface area contributed by atoms with Crippen LogP contribution in [-0.4, -0.2) is 31.8 Å². The van der Waals surface area contributed by atoms with Crippen LogP contribution in [0.3, 0.4) is 0 Å². The summed E-state index contributed by atoms with van der Waals surface area (Å²) in [7, 11) is 0. The summed E-state index contributed by atoms with van der Waals surface area (Å²) in [4.78, 5) is 11.8. The molecule has 2 rings (SSSR count). The maximum Gasteiger partial charge on any atom is 0.411 e. The van der Waals surface area contributed by atoms with Crippen LogP contribution in [0.25, 0.3) is 0 Å². The summed E-state index contributed by atoms with van der Waals surface area (Å²) in [6.45, 7) is 0.100. The quantitative estimate of drug-likeness (QED) is 0.815. The van der Waals surface area contributed by atoms with Gasteiger partial charge in [-0.15, -0.1) is 12.4 Å². The van der Waals surface area contributed by atoms with E-state index in [0.29, 0.717) is 5.56 Å². The number of fused-ring (bicyclic) bond motifs is 1. The van der Waals surface area contributed by atoms with Crippen molar-refractivity contribution in [3.63, 3.8) is 0 Å². The van der Waals surface area contributed by atoms with Gasteiger partial charge in [0.1, 0.15) is 6.61 Å². The second-order valence-electron chi connectivity index (χ2n) is 4.51. The molecule has 0 aliphatic carbocycles. The fourth-order valence-corrected chi connectivity index (χ4v) is 1.96. The summed E-state index contributed by atoms with van der Waals surface area (Å²) in [6, 6.07) is 5.38. The minimum atomic E-state index is -4.34. The Kier molecular flexibility index (Phi) is 6.44. The summed E-state index contributed by atoms with van der Waals surface area (Å²) in [6.07, 6.45) is -4.34. The molecule has 0 saturated heterocycles. The second-order valence-corrected chi connectivity index (χ2v) is 4.51. The van der Waals surface area contributed by atoms with Crippen molar-refractivity contribution in [1.29, 1.82) is 0 Å². The number of ether oxygens (including phenoxy) is 1. The highest BCUT2D eigenvalue weighted by molar-refractivity contribution is 5.94. The Bertz CT molecular complexity index is 495. The van der Waals surface area contributed by atoms with Gasteiger partial charge in [-0.1, -0.05) is 6.07 Å². The van der Waals surface area contributed by atoms with Gasteiger partial charge in [0.2, 0.25) is 0 Å².